The zero-order valence-corrected chi connectivity index (χ0v) is 13.3. The van der Waals surface area contributed by atoms with E-state index in [4.69, 9.17) is 0 Å². The highest BCUT2D eigenvalue weighted by atomic mass is 16.6. The molecule has 4 heteroatoms. The molecule has 0 amide bonds. The second-order valence-corrected chi connectivity index (χ2v) is 5.81. The lowest BCUT2D eigenvalue weighted by molar-refractivity contribution is -0.384. The van der Waals surface area contributed by atoms with Gasteiger partial charge in [-0.1, -0.05) is 57.1 Å². The lowest BCUT2D eigenvalue weighted by Gasteiger charge is -2.03. The van der Waals surface area contributed by atoms with Crippen molar-refractivity contribution in [1.82, 2.24) is 0 Å². The molecule has 0 radical (unpaired) electrons. The summed E-state index contributed by atoms with van der Waals surface area (Å²) in [4.78, 5) is 20.4. The number of carbonyl (C=O) groups excluding carboxylic acids is 1. The molecule has 1 aromatic rings. The Balaban J connectivity index is 1.95. The Morgan fingerprint density at radius 2 is 1.32 bits per heavy atom. The molecule has 4 nitrogen and oxygen atoms in total. The van der Waals surface area contributed by atoms with Crippen molar-refractivity contribution in [3.8, 4) is 0 Å². The zero-order valence-electron chi connectivity index (χ0n) is 13.3. The quantitative estimate of drug-likeness (QED) is 0.217. The first-order valence-corrected chi connectivity index (χ1v) is 8.41. The molecule has 0 saturated carbocycles. The number of nitrogens with zero attached hydrogens (tertiary/aromatic N) is 1. The Morgan fingerprint density at radius 3 is 1.82 bits per heavy atom. The highest BCUT2D eigenvalue weighted by Crippen LogP contribution is 2.15. The Hall–Kier alpha value is -1.71. The lowest BCUT2D eigenvalue weighted by atomic mass is 10.0. The highest BCUT2D eigenvalue weighted by molar-refractivity contribution is 5.48. The van der Waals surface area contributed by atoms with Gasteiger partial charge in [0.1, 0.15) is 6.29 Å². The van der Waals surface area contributed by atoms with Crippen LogP contribution in [0.15, 0.2) is 24.3 Å². The second kappa shape index (κ2) is 11.9. The number of carbonyl (C=O) groups is 1. The van der Waals surface area contributed by atoms with Gasteiger partial charge in [-0.15, -0.1) is 0 Å². The Bertz CT molecular complexity index is 428. The number of aldehydes is 1. The van der Waals surface area contributed by atoms with Crippen molar-refractivity contribution >= 4 is 12.0 Å². The summed E-state index contributed by atoms with van der Waals surface area (Å²) in [5, 5.41) is 10.6. The number of hydrogen-bond acceptors (Lipinski definition) is 3. The maximum absolute atomic E-state index is 10.6. The molecule has 0 spiro atoms. The van der Waals surface area contributed by atoms with E-state index in [-0.39, 0.29) is 10.6 Å². The largest absolute Gasteiger partial charge is 0.303 e. The second-order valence-electron chi connectivity index (χ2n) is 5.81. The van der Waals surface area contributed by atoms with Gasteiger partial charge in [0.15, 0.2) is 0 Å². The fraction of sp³-hybridized carbons (Fsp3) is 0.611. The van der Waals surface area contributed by atoms with E-state index in [1.807, 2.05) is 12.1 Å². The molecule has 0 atom stereocenters. The van der Waals surface area contributed by atoms with Gasteiger partial charge in [-0.05, 0) is 24.8 Å². The molecule has 0 fully saturated rings. The third kappa shape index (κ3) is 8.55. The van der Waals surface area contributed by atoms with Crippen molar-refractivity contribution < 1.29 is 9.72 Å². The molecule has 22 heavy (non-hydrogen) atoms. The molecule has 0 bridgehead atoms. The van der Waals surface area contributed by atoms with Crippen LogP contribution in [-0.2, 0) is 11.2 Å². The van der Waals surface area contributed by atoms with Gasteiger partial charge in [0, 0.05) is 18.6 Å². The van der Waals surface area contributed by atoms with Gasteiger partial charge in [0.25, 0.3) is 5.69 Å². The van der Waals surface area contributed by atoms with E-state index in [1.165, 1.54) is 50.5 Å². The van der Waals surface area contributed by atoms with Crippen molar-refractivity contribution in [3.63, 3.8) is 0 Å². The topological polar surface area (TPSA) is 60.2 Å². The van der Waals surface area contributed by atoms with Gasteiger partial charge in [0.05, 0.1) is 4.92 Å². The maximum atomic E-state index is 10.6. The van der Waals surface area contributed by atoms with Crippen LogP contribution in [-0.4, -0.2) is 11.2 Å². The first-order valence-electron chi connectivity index (χ1n) is 8.41. The molecule has 0 aromatic heterocycles. The summed E-state index contributed by atoms with van der Waals surface area (Å²) in [6.07, 6.45) is 13.7. The molecule has 0 heterocycles. The van der Waals surface area contributed by atoms with E-state index in [2.05, 4.69) is 0 Å². The fourth-order valence-corrected chi connectivity index (χ4v) is 2.58. The number of benzene rings is 1. The fourth-order valence-electron chi connectivity index (χ4n) is 2.58. The van der Waals surface area contributed by atoms with Gasteiger partial charge < -0.3 is 4.79 Å². The molecule has 0 aliphatic heterocycles. The van der Waals surface area contributed by atoms with Crippen LogP contribution in [0.3, 0.4) is 0 Å². The van der Waals surface area contributed by atoms with Crippen molar-refractivity contribution in [3.05, 3.63) is 39.9 Å². The van der Waals surface area contributed by atoms with Crippen LogP contribution in [0.25, 0.3) is 0 Å². The minimum Gasteiger partial charge on any atom is -0.303 e. The smallest absolute Gasteiger partial charge is 0.269 e. The molecule has 0 saturated heterocycles. The molecule has 1 rings (SSSR count). The minimum atomic E-state index is -0.358. The first kappa shape index (κ1) is 18.3. The average Bonchev–Trinajstić information content (AvgIpc) is 2.53. The van der Waals surface area contributed by atoms with E-state index in [0.29, 0.717) is 6.42 Å². The van der Waals surface area contributed by atoms with Gasteiger partial charge in [-0.3, -0.25) is 10.1 Å². The summed E-state index contributed by atoms with van der Waals surface area (Å²) in [5.41, 5.74) is 1.35. The normalized spacial score (nSPS) is 10.5. The average molecular weight is 305 g/mol. The zero-order chi connectivity index (χ0) is 16.0. The Kier molecular flexibility index (Phi) is 9.92. The number of aryl methyl sites for hydroxylation is 1. The van der Waals surface area contributed by atoms with Crippen LogP contribution in [0.1, 0.15) is 69.8 Å². The molecular formula is C18H27NO3. The summed E-state index contributed by atoms with van der Waals surface area (Å²) in [6.45, 7) is 0. The van der Waals surface area contributed by atoms with Gasteiger partial charge >= 0.3 is 0 Å². The number of unbranched alkanes of at least 4 members (excludes halogenated alkanes) is 9. The summed E-state index contributed by atoms with van der Waals surface area (Å²) in [5.74, 6) is 0. The van der Waals surface area contributed by atoms with E-state index in [1.54, 1.807) is 12.1 Å². The molecule has 1 aromatic carbocycles. The van der Waals surface area contributed by atoms with Gasteiger partial charge in [-0.2, -0.15) is 0 Å². The lowest BCUT2D eigenvalue weighted by Crippen LogP contribution is -1.90. The SMILES string of the molecule is O=CCCCCCCCCCCCc1ccc([N+](=O)[O-])cc1. The summed E-state index contributed by atoms with van der Waals surface area (Å²) >= 11 is 0. The number of nitro groups is 1. The van der Waals surface area contributed by atoms with E-state index in [9.17, 15) is 14.9 Å². The summed E-state index contributed by atoms with van der Waals surface area (Å²) in [7, 11) is 0. The third-order valence-electron chi connectivity index (χ3n) is 3.93. The highest BCUT2D eigenvalue weighted by Gasteiger charge is 2.03. The molecule has 0 N–H and O–H groups in total. The van der Waals surface area contributed by atoms with Crippen molar-refractivity contribution in [2.45, 2.75) is 70.6 Å². The molecular weight excluding hydrogens is 278 g/mol. The first-order chi connectivity index (χ1) is 10.7. The van der Waals surface area contributed by atoms with E-state index < -0.39 is 0 Å². The van der Waals surface area contributed by atoms with Crippen molar-refractivity contribution in [2.75, 3.05) is 0 Å². The number of nitro benzene ring substituents is 1. The van der Waals surface area contributed by atoms with Crippen LogP contribution in [0.2, 0.25) is 0 Å². The van der Waals surface area contributed by atoms with Gasteiger partial charge in [-0.25, -0.2) is 0 Å². The van der Waals surface area contributed by atoms with Crippen LogP contribution in [0.5, 0.6) is 0 Å². The Morgan fingerprint density at radius 1 is 0.818 bits per heavy atom. The van der Waals surface area contributed by atoms with Crippen LogP contribution >= 0.6 is 0 Å². The minimum absolute atomic E-state index is 0.164. The Labute approximate surface area is 133 Å². The monoisotopic (exact) mass is 305 g/mol. The van der Waals surface area contributed by atoms with Crippen LogP contribution < -0.4 is 0 Å². The molecule has 122 valence electrons. The van der Waals surface area contributed by atoms with Crippen molar-refractivity contribution in [1.29, 1.82) is 0 Å². The van der Waals surface area contributed by atoms with Gasteiger partial charge in [0.2, 0.25) is 0 Å². The number of rotatable bonds is 13. The predicted octanol–water partition coefficient (Wildman–Crippen LogP) is 5.24. The number of non-ortho nitro benzene ring substituents is 1. The third-order valence-corrected chi connectivity index (χ3v) is 3.93. The standard InChI is InChI=1S/C18H27NO3/c20-16-10-8-6-4-2-1-3-5-7-9-11-17-12-14-18(15-13-17)19(21)22/h12-16H,1-11H2. The summed E-state index contributed by atoms with van der Waals surface area (Å²) < 4.78 is 0. The number of hydrogen-bond donors (Lipinski definition) is 0. The molecule has 0 aliphatic rings. The van der Waals surface area contributed by atoms with Crippen LogP contribution in [0.4, 0.5) is 5.69 Å². The van der Waals surface area contributed by atoms with E-state index in [0.717, 1.165) is 25.5 Å². The van der Waals surface area contributed by atoms with E-state index >= 15 is 0 Å². The maximum Gasteiger partial charge on any atom is 0.269 e. The predicted molar refractivity (Wildman–Crippen MR) is 89.0 cm³/mol. The summed E-state index contributed by atoms with van der Waals surface area (Å²) in [6, 6.07) is 6.88. The van der Waals surface area contributed by atoms with Crippen LogP contribution in [0, 0.1) is 10.1 Å². The molecule has 0 unspecified atom stereocenters. The van der Waals surface area contributed by atoms with Crippen molar-refractivity contribution in [2.24, 2.45) is 0 Å². The molecule has 0 aliphatic carbocycles.